The van der Waals surface area contributed by atoms with Gasteiger partial charge >= 0.3 is 0 Å². The van der Waals surface area contributed by atoms with E-state index in [-0.39, 0.29) is 0 Å². The summed E-state index contributed by atoms with van der Waals surface area (Å²) in [5.74, 6) is 3.28. The fraction of sp³-hybridized carbons (Fsp3) is 0.545. The molecule has 4 nitrogen and oxygen atoms in total. The van der Waals surface area contributed by atoms with Crippen molar-refractivity contribution >= 4 is 10.8 Å². The zero-order valence-corrected chi connectivity index (χ0v) is 15.8. The Kier molecular flexibility index (Phi) is 5.32. The first-order valence-electron chi connectivity index (χ1n) is 9.67. The van der Waals surface area contributed by atoms with Gasteiger partial charge in [0.05, 0.1) is 13.2 Å². The lowest BCUT2D eigenvalue weighted by Crippen LogP contribution is -2.24. The maximum atomic E-state index is 6.29. The van der Waals surface area contributed by atoms with Crippen LogP contribution in [0.4, 0.5) is 0 Å². The summed E-state index contributed by atoms with van der Waals surface area (Å²) in [5, 5.41) is 2.31. The number of fused-ring (bicyclic) bond motifs is 3. The minimum atomic E-state index is 0.578. The molecule has 0 amide bonds. The van der Waals surface area contributed by atoms with Gasteiger partial charge in [0.1, 0.15) is 24.7 Å². The maximum absolute atomic E-state index is 6.29. The number of hydrogen-bond acceptors (Lipinski definition) is 4. The van der Waals surface area contributed by atoms with E-state index >= 15 is 0 Å². The van der Waals surface area contributed by atoms with Gasteiger partial charge in [0, 0.05) is 36.1 Å². The minimum Gasteiger partial charge on any atom is -0.490 e. The van der Waals surface area contributed by atoms with Crippen molar-refractivity contribution < 1.29 is 18.9 Å². The normalized spacial score (nSPS) is 21.0. The zero-order valence-electron chi connectivity index (χ0n) is 15.8. The van der Waals surface area contributed by atoms with Crippen molar-refractivity contribution in [3.63, 3.8) is 0 Å². The Morgan fingerprint density at radius 3 is 1.50 bits per heavy atom. The molecule has 0 heterocycles. The summed E-state index contributed by atoms with van der Waals surface area (Å²) in [7, 11) is 3.43. The first kappa shape index (κ1) is 17.6. The molecule has 2 aromatic rings. The number of benzene rings is 2. The molecule has 2 aromatic carbocycles. The van der Waals surface area contributed by atoms with Crippen molar-refractivity contribution in [2.45, 2.75) is 37.5 Å². The summed E-state index contributed by atoms with van der Waals surface area (Å²) in [4.78, 5) is 0. The van der Waals surface area contributed by atoms with Crippen LogP contribution in [-0.4, -0.2) is 40.6 Å². The average Bonchev–Trinajstić information content (AvgIpc) is 2.70. The highest BCUT2D eigenvalue weighted by atomic mass is 16.5. The van der Waals surface area contributed by atoms with Gasteiger partial charge in [-0.3, -0.25) is 0 Å². The molecule has 0 atom stereocenters. The lowest BCUT2D eigenvalue weighted by atomic mass is 9.66. The first-order chi connectivity index (χ1) is 12.8. The lowest BCUT2D eigenvalue weighted by Gasteiger charge is -2.40. The molecule has 3 aliphatic rings. The van der Waals surface area contributed by atoms with Gasteiger partial charge in [-0.1, -0.05) is 24.3 Å². The molecule has 5 rings (SSSR count). The molecule has 0 saturated heterocycles. The first-order valence-corrected chi connectivity index (χ1v) is 9.67. The van der Waals surface area contributed by atoms with Gasteiger partial charge in [-0.25, -0.2) is 0 Å². The van der Waals surface area contributed by atoms with Crippen LogP contribution < -0.4 is 9.47 Å². The Labute approximate surface area is 155 Å². The number of rotatable bonds is 8. The number of hydrogen-bond donors (Lipinski definition) is 0. The van der Waals surface area contributed by atoms with Crippen LogP contribution in [0.3, 0.4) is 0 Å². The molecule has 3 aliphatic carbocycles. The Balaban J connectivity index is 1.87. The van der Waals surface area contributed by atoms with Gasteiger partial charge in [-0.2, -0.15) is 0 Å². The number of methoxy groups -OCH3 is 2. The number of ether oxygens (including phenoxy) is 4. The Bertz CT molecular complexity index is 698. The quantitative estimate of drug-likeness (QED) is 0.646. The third kappa shape index (κ3) is 3.06. The van der Waals surface area contributed by atoms with E-state index in [2.05, 4.69) is 24.3 Å². The van der Waals surface area contributed by atoms with Crippen LogP contribution in [0.5, 0.6) is 11.5 Å². The molecule has 0 radical (unpaired) electrons. The summed E-state index contributed by atoms with van der Waals surface area (Å²) >= 11 is 0. The predicted octanol–water partition coefficient (Wildman–Crippen LogP) is 4.65. The highest BCUT2D eigenvalue weighted by Crippen LogP contribution is 2.58. The third-order valence-electron chi connectivity index (χ3n) is 5.81. The summed E-state index contributed by atoms with van der Waals surface area (Å²) in [6, 6.07) is 8.47. The van der Waals surface area contributed by atoms with Crippen molar-refractivity contribution in [3.05, 3.63) is 35.4 Å². The van der Waals surface area contributed by atoms with Crippen molar-refractivity contribution in [2.24, 2.45) is 0 Å². The van der Waals surface area contributed by atoms with Gasteiger partial charge < -0.3 is 18.9 Å². The molecular formula is C22H28O4. The van der Waals surface area contributed by atoms with E-state index in [1.165, 1.54) is 36.8 Å². The van der Waals surface area contributed by atoms with E-state index in [9.17, 15) is 0 Å². The molecule has 0 N–H and O–H groups in total. The Morgan fingerprint density at radius 2 is 1.12 bits per heavy atom. The van der Waals surface area contributed by atoms with Crippen LogP contribution >= 0.6 is 0 Å². The van der Waals surface area contributed by atoms with Gasteiger partial charge in [0.15, 0.2) is 0 Å². The van der Waals surface area contributed by atoms with E-state index in [1.54, 1.807) is 14.2 Å². The predicted molar refractivity (Wildman–Crippen MR) is 103 cm³/mol. The van der Waals surface area contributed by atoms with Crippen molar-refractivity contribution in [1.29, 1.82) is 0 Å². The monoisotopic (exact) mass is 356 g/mol. The summed E-state index contributed by atoms with van der Waals surface area (Å²) < 4.78 is 23.0. The highest BCUT2D eigenvalue weighted by Gasteiger charge is 2.39. The van der Waals surface area contributed by atoms with E-state index in [0.29, 0.717) is 38.3 Å². The molecule has 26 heavy (non-hydrogen) atoms. The smallest absolute Gasteiger partial charge is 0.131 e. The molecule has 0 unspecified atom stereocenters. The molecule has 0 spiro atoms. The van der Waals surface area contributed by atoms with Crippen molar-refractivity contribution in [3.8, 4) is 11.5 Å². The van der Waals surface area contributed by atoms with E-state index in [1.807, 2.05) is 0 Å². The molecule has 2 bridgehead atoms. The second-order valence-electron chi connectivity index (χ2n) is 7.26. The topological polar surface area (TPSA) is 36.9 Å². The largest absolute Gasteiger partial charge is 0.490 e. The minimum absolute atomic E-state index is 0.578. The SMILES string of the molecule is COCCOc1c2c(c(OCCOC)c3ccccc13)C1CCC2CC1. The molecule has 140 valence electrons. The lowest BCUT2D eigenvalue weighted by molar-refractivity contribution is 0.142. The fourth-order valence-corrected chi connectivity index (χ4v) is 4.66. The zero-order chi connectivity index (χ0) is 17.9. The second kappa shape index (κ2) is 7.85. The molecular weight excluding hydrogens is 328 g/mol. The molecule has 1 fully saturated rings. The molecule has 0 aromatic heterocycles. The Morgan fingerprint density at radius 1 is 0.692 bits per heavy atom. The molecule has 0 aliphatic heterocycles. The summed E-state index contributed by atoms with van der Waals surface area (Å²) in [5.41, 5.74) is 2.80. The average molecular weight is 356 g/mol. The van der Waals surface area contributed by atoms with Crippen LogP contribution in [0, 0.1) is 0 Å². The second-order valence-corrected chi connectivity index (χ2v) is 7.26. The van der Waals surface area contributed by atoms with Gasteiger partial charge in [-0.15, -0.1) is 0 Å². The van der Waals surface area contributed by atoms with E-state index in [4.69, 9.17) is 18.9 Å². The van der Waals surface area contributed by atoms with Crippen LogP contribution in [-0.2, 0) is 9.47 Å². The fourth-order valence-electron chi connectivity index (χ4n) is 4.66. The van der Waals surface area contributed by atoms with E-state index < -0.39 is 0 Å². The Hall–Kier alpha value is -1.78. The summed E-state index contributed by atoms with van der Waals surface area (Å²) in [6.07, 6.45) is 5.03. The van der Waals surface area contributed by atoms with Crippen LogP contribution in [0.25, 0.3) is 10.8 Å². The van der Waals surface area contributed by atoms with Crippen LogP contribution in [0.1, 0.15) is 48.6 Å². The van der Waals surface area contributed by atoms with Crippen LogP contribution in [0.2, 0.25) is 0 Å². The van der Waals surface area contributed by atoms with E-state index in [0.717, 1.165) is 22.3 Å². The van der Waals surface area contributed by atoms with Crippen LogP contribution in [0.15, 0.2) is 24.3 Å². The molecule has 4 heteroatoms. The van der Waals surface area contributed by atoms with Gasteiger partial charge in [0.2, 0.25) is 0 Å². The summed E-state index contributed by atoms with van der Waals surface area (Å²) in [6.45, 7) is 2.36. The highest BCUT2D eigenvalue weighted by molar-refractivity contribution is 5.96. The van der Waals surface area contributed by atoms with Crippen molar-refractivity contribution in [1.82, 2.24) is 0 Å². The standard InChI is InChI=1S/C22H28O4/c1-23-11-13-25-21-17-5-3-4-6-18(17)22(26-14-12-24-2)20-16-9-7-15(8-10-16)19(20)21/h3-6,15-16H,7-14H2,1-2H3. The third-order valence-corrected chi connectivity index (χ3v) is 5.81. The maximum Gasteiger partial charge on any atom is 0.131 e. The van der Waals surface area contributed by atoms with Crippen molar-refractivity contribution in [2.75, 3.05) is 40.6 Å². The van der Waals surface area contributed by atoms with Gasteiger partial charge in [-0.05, 0) is 37.5 Å². The molecule has 1 saturated carbocycles. The van der Waals surface area contributed by atoms with Gasteiger partial charge in [0.25, 0.3) is 0 Å².